The number of carbonyl (C=O) groups is 5. The highest BCUT2D eigenvalue weighted by atomic mass is 32.1. The first-order chi connectivity index (χ1) is 35.0. The number of carbonyl (C=O) groups excluding carboxylic acids is 5. The third kappa shape index (κ3) is 12.4. The van der Waals surface area contributed by atoms with Gasteiger partial charge in [-0.3, -0.25) is 33.8 Å². The van der Waals surface area contributed by atoms with E-state index in [2.05, 4.69) is 42.6 Å². The van der Waals surface area contributed by atoms with Gasteiger partial charge in [0.15, 0.2) is 0 Å². The minimum atomic E-state index is -0.898. The van der Waals surface area contributed by atoms with Crippen molar-refractivity contribution < 1.29 is 33.8 Å². The second-order valence-corrected chi connectivity index (χ2v) is 20.7. The number of amidine groups is 1. The average molecular weight is 1010 g/mol. The number of aryl methyl sites for hydroxylation is 1. The smallest absolute Gasteiger partial charge is 0.256 e. The molecule has 1 aromatic heterocycles. The number of aromatic nitrogens is 1. The molecule has 0 bridgehead atoms. The second-order valence-electron chi connectivity index (χ2n) is 19.9. The Labute approximate surface area is 430 Å². The number of ether oxygens (including phenoxy) is 1. The Kier molecular flexibility index (Phi) is 16.2. The van der Waals surface area contributed by atoms with Crippen LogP contribution in [-0.4, -0.2) is 132 Å². The van der Waals surface area contributed by atoms with Gasteiger partial charge in [-0.25, -0.2) is 9.98 Å². The molecule has 8 rings (SSSR count). The number of anilines is 4. The number of amides is 5. The molecule has 5 heterocycles. The Bertz CT molecular complexity index is 2830. The van der Waals surface area contributed by atoms with Crippen LogP contribution in [0.2, 0.25) is 0 Å². The molecular weight excluding hydrogens is 947 g/mol. The maximum absolute atomic E-state index is 14.2. The molecule has 4 aliphatic rings. The molecule has 0 radical (unpaired) electrons. The number of aliphatic hydroxyl groups excluding tert-OH is 1. The highest BCUT2D eigenvalue weighted by molar-refractivity contribution is 7.13. The lowest BCUT2D eigenvalue weighted by atomic mass is 9.85. The predicted octanol–water partition coefficient (Wildman–Crippen LogP) is 5.75. The standard InChI is InChI=1S/C54H65N11O7S/c1-8-45(67)58-37-11-9-12-39(26-37)65-47(69)25-33(2)41-30-56-53(61-50(41)65)59-42-19-18-38(27-44(42)72-7)63-23-21-62(22-24-63)20-10-13-46(68)60-49(54(4,5)6)52(71)64-31-40(66)28-43(64)51(70)55-29-35-14-16-36(17-15-35)48-34(3)57-32-73-48/h8-9,11-12,14-19,25-27,32,40-41,43,49,66H,1,10,13,20-24,28-31H2,2-7H3,(H,55,70)(H,56,59)(H,58,67)(H,60,68)/t40-,41?,43+,49-/m1/s1. The molecule has 4 aliphatic heterocycles. The summed E-state index contributed by atoms with van der Waals surface area (Å²) in [6.45, 7) is 17.5. The van der Waals surface area contributed by atoms with E-state index in [1.54, 1.807) is 53.7 Å². The van der Waals surface area contributed by atoms with E-state index in [0.717, 1.165) is 59.1 Å². The summed E-state index contributed by atoms with van der Waals surface area (Å²) in [6.07, 6.45) is 2.86. The van der Waals surface area contributed by atoms with Gasteiger partial charge in [-0.2, -0.15) is 4.99 Å². The van der Waals surface area contributed by atoms with Gasteiger partial charge in [0.1, 0.15) is 23.7 Å². The highest BCUT2D eigenvalue weighted by Gasteiger charge is 2.44. The summed E-state index contributed by atoms with van der Waals surface area (Å²) in [6, 6.07) is 19.1. The van der Waals surface area contributed by atoms with E-state index < -0.39 is 23.6 Å². The topological polar surface area (TPSA) is 213 Å². The lowest BCUT2D eigenvalue weighted by Crippen LogP contribution is -2.57. The number of benzene rings is 3. The number of nitrogens with zero attached hydrogens (tertiary/aromatic N) is 7. The van der Waals surface area contributed by atoms with Gasteiger partial charge in [-0.05, 0) is 79.8 Å². The second kappa shape index (κ2) is 22.7. The van der Waals surface area contributed by atoms with Crippen molar-refractivity contribution >= 4 is 75.4 Å². The molecule has 18 nitrogen and oxygen atoms in total. The van der Waals surface area contributed by atoms with Crippen LogP contribution in [0.5, 0.6) is 5.75 Å². The summed E-state index contributed by atoms with van der Waals surface area (Å²) in [5, 5.41) is 22.7. The van der Waals surface area contributed by atoms with Gasteiger partial charge in [-0.15, -0.1) is 11.3 Å². The molecule has 384 valence electrons. The number of piperazine rings is 1. The van der Waals surface area contributed by atoms with Crippen molar-refractivity contribution in [2.24, 2.45) is 21.3 Å². The molecule has 19 heteroatoms. The van der Waals surface area contributed by atoms with E-state index in [0.29, 0.717) is 54.1 Å². The number of fused-ring (bicyclic) bond motifs is 1. The monoisotopic (exact) mass is 1010 g/mol. The van der Waals surface area contributed by atoms with Crippen molar-refractivity contribution in [3.63, 3.8) is 0 Å². The fourth-order valence-corrected chi connectivity index (χ4v) is 10.4. The van der Waals surface area contributed by atoms with Gasteiger partial charge < -0.3 is 40.9 Å². The molecule has 5 N–H and O–H groups in total. The molecule has 73 heavy (non-hydrogen) atoms. The minimum Gasteiger partial charge on any atom is -0.494 e. The summed E-state index contributed by atoms with van der Waals surface area (Å²) in [7, 11) is 1.61. The number of methoxy groups -OCH3 is 1. The molecule has 0 aliphatic carbocycles. The first kappa shape index (κ1) is 52.1. The summed E-state index contributed by atoms with van der Waals surface area (Å²) >= 11 is 1.58. The van der Waals surface area contributed by atoms with E-state index in [4.69, 9.17) is 14.7 Å². The molecule has 4 atom stereocenters. The molecule has 5 amide bonds. The lowest BCUT2D eigenvalue weighted by Gasteiger charge is -2.36. The summed E-state index contributed by atoms with van der Waals surface area (Å²) in [5.41, 5.74) is 7.67. The summed E-state index contributed by atoms with van der Waals surface area (Å²) < 4.78 is 5.84. The Morgan fingerprint density at radius 1 is 1.00 bits per heavy atom. The van der Waals surface area contributed by atoms with Crippen LogP contribution < -0.4 is 35.8 Å². The number of rotatable bonds is 16. The molecule has 1 unspecified atom stereocenters. The molecule has 2 fully saturated rings. The van der Waals surface area contributed by atoms with Crippen LogP contribution in [0.1, 0.15) is 58.2 Å². The zero-order valence-corrected chi connectivity index (χ0v) is 43.1. The van der Waals surface area contributed by atoms with Crippen molar-refractivity contribution in [3.8, 4) is 16.2 Å². The molecule has 0 saturated carbocycles. The molecule has 0 spiro atoms. The Hall–Kier alpha value is -7.22. The van der Waals surface area contributed by atoms with E-state index in [9.17, 15) is 29.1 Å². The number of hydrogen-bond acceptors (Lipinski definition) is 14. The number of hydrogen-bond donors (Lipinski definition) is 5. The van der Waals surface area contributed by atoms with E-state index >= 15 is 0 Å². The Morgan fingerprint density at radius 3 is 2.47 bits per heavy atom. The number of aliphatic imine (C=N–C) groups is 2. The van der Waals surface area contributed by atoms with Gasteiger partial charge in [0, 0.05) is 75.6 Å². The number of nitrogens with one attached hydrogen (secondary N) is 4. The van der Waals surface area contributed by atoms with E-state index in [-0.39, 0.29) is 61.4 Å². The highest BCUT2D eigenvalue weighted by Crippen LogP contribution is 2.34. The van der Waals surface area contributed by atoms with Crippen LogP contribution in [0, 0.1) is 18.3 Å². The quantitative estimate of drug-likeness (QED) is 0.0853. The number of β-amino-alcohol motifs (C(OH)–C–C–N with tert-alkyl or cyclic N) is 1. The predicted molar refractivity (Wildman–Crippen MR) is 286 cm³/mol. The number of thiazole rings is 1. The maximum atomic E-state index is 14.2. The Morgan fingerprint density at radius 2 is 1.77 bits per heavy atom. The summed E-state index contributed by atoms with van der Waals surface area (Å²) in [5.74, 6) is -0.334. The van der Waals surface area contributed by atoms with Crippen LogP contribution in [0.3, 0.4) is 0 Å². The van der Waals surface area contributed by atoms with Crippen molar-refractivity contribution in [3.05, 3.63) is 108 Å². The average Bonchev–Trinajstić information content (AvgIpc) is 3.99. The minimum absolute atomic E-state index is 0.00776. The van der Waals surface area contributed by atoms with E-state index in [1.807, 2.05) is 82.6 Å². The molecule has 4 aromatic rings. The van der Waals surface area contributed by atoms with E-state index in [1.165, 1.54) is 11.0 Å². The molecular formula is C54H65N11O7S. The van der Waals surface area contributed by atoms with Gasteiger partial charge in [0.2, 0.25) is 29.6 Å². The molecule has 2 saturated heterocycles. The van der Waals surface area contributed by atoms with Crippen LogP contribution >= 0.6 is 11.3 Å². The molecule has 3 aromatic carbocycles. The first-order valence-corrected chi connectivity index (χ1v) is 25.5. The van der Waals surface area contributed by atoms with Gasteiger partial charge in [0.05, 0.1) is 53.1 Å². The van der Waals surface area contributed by atoms with Crippen molar-refractivity contribution in [1.29, 1.82) is 0 Å². The maximum Gasteiger partial charge on any atom is 0.256 e. The van der Waals surface area contributed by atoms with Gasteiger partial charge >= 0.3 is 0 Å². The normalized spacial score (nSPS) is 19.5. The third-order valence-electron chi connectivity index (χ3n) is 13.6. The first-order valence-electron chi connectivity index (χ1n) is 24.7. The number of aliphatic hydroxyl groups is 1. The summed E-state index contributed by atoms with van der Waals surface area (Å²) in [4.78, 5) is 89.3. The number of guanidine groups is 1. The van der Waals surface area contributed by atoms with Crippen molar-refractivity contribution in [1.82, 2.24) is 25.4 Å². The fraction of sp³-hybridized carbons (Fsp3) is 0.407. The van der Waals surface area contributed by atoms with Crippen LogP contribution in [-0.2, 0) is 30.5 Å². The zero-order chi connectivity index (χ0) is 52.0. The Balaban J connectivity index is 0.813. The van der Waals surface area contributed by atoms with Crippen LogP contribution in [0.15, 0.2) is 107 Å². The van der Waals surface area contributed by atoms with Crippen LogP contribution in [0.4, 0.5) is 22.7 Å². The van der Waals surface area contributed by atoms with Crippen LogP contribution in [0.25, 0.3) is 10.4 Å². The van der Waals surface area contributed by atoms with Crippen molar-refractivity contribution in [2.45, 2.75) is 78.6 Å². The third-order valence-corrected chi connectivity index (χ3v) is 14.6. The zero-order valence-electron chi connectivity index (χ0n) is 42.3. The largest absolute Gasteiger partial charge is 0.494 e. The van der Waals surface area contributed by atoms with Gasteiger partial charge in [-0.1, -0.05) is 63.3 Å². The SMILES string of the molecule is C=CC(=O)Nc1cccc(N2C(=O)C=C(C)C3CN=C(Nc4ccc(N5CCN(CCCC(=O)N[C@H](C(=O)N6C[C@H](O)C[C@H]6C(=O)NCc6ccc(-c7scnc7C)cc6)C(C)(C)C)CC5)cc4OC)N=C32)c1. The van der Waals surface area contributed by atoms with Gasteiger partial charge in [0.25, 0.3) is 5.91 Å². The fourth-order valence-electron chi connectivity index (χ4n) is 9.56. The van der Waals surface area contributed by atoms with Crippen molar-refractivity contribution in [2.75, 3.05) is 73.4 Å². The lowest BCUT2D eigenvalue weighted by molar-refractivity contribution is -0.144. The number of likely N-dealkylation sites (tertiary alicyclic amines) is 1.